The molecule has 2 N–H and O–H groups in total. The summed E-state index contributed by atoms with van der Waals surface area (Å²) in [6.07, 6.45) is 1.89. The summed E-state index contributed by atoms with van der Waals surface area (Å²) in [7, 11) is -3.97. The van der Waals surface area contributed by atoms with Gasteiger partial charge in [-0.15, -0.1) is 0 Å². The molecule has 2 aliphatic rings. The Balaban J connectivity index is 1.34. The molecule has 2 saturated heterocycles. The van der Waals surface area contributed by atoms with Gasteiger partial charge in [-0.25, -0.2) is 8.42 Å². The SMILES string of the molecule is CCOCC(=O)CNC1CCCN(C(=O)[C@H](C)N2CC[C@H](NS(=O)(=O)c3ccc4cc(Cl)ccc4c3)C2=O)C1. The molecule has 4 rings (SSSR count). The number of fused-ring (bicyclic) bond motifs is 1. The second-order valence-electron chi connectivity index (χ2n) is 10.0. The Morgan fingerprint density at radius 3 is 2.64 bits per heavy atom. The molecule has 0 aromatic heterocycles. The van der Waals surface area contributed by atoms with E-state index in [4.69, 9.17) is 16.3 Å². The predicted octanol–water partition coefficient (Wildman–Crippen LogP) is 1.95. The fraction of sp³-hybridized carbons (Fsp3) is 0.519. The maximum atomic E-state index is 13.3. The lowest BCUT2D eigenvalue weighted by molar-refractivity contribution is -0.144. The lowest BCUT2D eigenvalue weighted by atomic mass is 10.0. The van der Waals surface area contributed by atoms with Crippen LogP contribution in [0.25, 0.3) is 10.8 Å². The van der Waals surface area contributed by atoms with Gasteiger partial charge in [0, 0.05) is 37.3 Å². The van der Waals surface area contributed by atoms with Gasteiger partial charge in [0.1, 0.15) is 18.7 Å². The molecule has 10 nitrogen and oxygen atoms in total. The van der Waals surface area contributed by atoms with Gasteiger partial charge in [-0.05, 0) is 68.1 Å². The Labute approximate surface area is 234 Å². The minimum absolute atomic E-state index is 0.0210. The van der Waals surface area contributed by atoms with E-state index >= 15 is 0 Å². The van der Waals surface area contributed by atoms with Gasteiger partial charge in [0.15, 0.2) is 5.78 Å². The lowest BCUT2D eigenvalue weighted by Gasteiger charge is -2.36. The third-order valence-electron chi connectivity index (χ3n) is 7.23. The number of sulfonamides is 1. The highest BCUT2D eigenvalue weighted by atomic mass is 35.5. The summed E-state index contributed by atoms with van der Waals surface area (Å²) >= 11 is 6.02. The number of nitrogens with one attached hydrogen (secondary N) is 2. The van der Waals surface area contributed by atoms with Crippen molar-refractivity contribution in [1.82, 2.24) is 19.8 Å². The van der Waals surface area contributed by atoms with E-state index < -0.39 is 28.0 Å². The summed E-state index contributed by atoms with van der Waals surface area (Å²) < 4.78 is 33.8. The van der Waals surface area contributed by atoms with Crippen LogP contribution in [0.15, 0.2) is 41.3 Å². The van der Waals surface area contributed by atoms with Crippen LogP contribution in [0.3, 0.4) is 0 Å². The van der Waals surface area contributed by atoms with E-state index in [9.17, 15) is 22.8 Å². The molecule has 3 atom stereocenters. The van der Waals surface area contributed by atoms with Gasteiger partial charge in [0.05, 0.1) is 11.4 Å². The molecule has 212 valence electrons. The molecule has 2 amide bonds. The van der Waals surface area contributed by atoms with Crippen molar-refractivity contribution in [2.24, 2.45) is 0 Å². The number of halogens is 1. The number of piperidine rings is 1. The fourth-order valence-electron chi connectivity index (χ4n) is 5.08. The van der Waals surface area contributed by atoms with Crippen LogP contribution >= 0.6 is 11.6 Å². The van der Waals surface area contributed by atoms with E-state index in [-0.39, 0.29) is 48.7 Å². The van der Waals surface area contributed by atoms with E-state index in [0.717, 1.165) is 18.2 Å². The highest BCUT2D eigenvalue weighted by Crippen LogP contribution is 2.24. The van der Waals surface area contributed by atoms with Crippen LogP contribution in [0.2, 0.25) is 5.02 Å². The molecule has 0 spiro atoms. The van der Waals surface area contributed by atoms with Crippen LogP contribution < -0.4 is 10.0 Å². The number of likely N-dealkylation sites (tertiary alicyclic amines) is 2. The van der Waals surface area contributed by atoms with E-state index in [0.29, 0.717) is 30.1 Å². The summed E-state index contributed by atoms with van der Waals surface area (Å²) in [5, 5.41) is 5.29. The average Bonchev–Trinajstić information content (AvgIpc) is 3.28. The topological polar surface area (TPSA) is 125 Å². The van der Waals surface area contributed by atoms with Gasteiger partial charge < -0.3 is 19.9 Å². The number of ketones is 1. The largest absolute Gasteiger partial charge is 0.374 e. The molecule has 39 heavy (non-hydrogen) atoms. The molecule has 0 bridgehead atoms. The first-order chi connectivity index (χ1) is 18.6. The van der Waals surface area contributed by atoms with Crippen molar-refractivity contribution >= 4 is 50.0 Å². The first-order valence-electron chi connectivity index (χ1n) is 13.2. The average molecular weight is 579 g/mol. The minimum Gasteiger partial charge on any atom is -0.374 e. The van der Waals surface area contributed by atoms with Gasteiger partial charge >= 0.3 is 0 Å². The molecule has 2 aromatic rings. The number of benzene rings is 2. The second-order valence-corrected chi connectivity index (χ2v) is 12.2. The normalized spacial score (nSPS) is 20.9. The number of hydrogen-bond donors (Lipinski definition) is 2. The zero-order chi connectivity index (χ0) is 28.2. The molecule has 0 saturated carbocycles. The molecule has 0 radical (unpaired) electrons. The number of hydrogen-bond acceptors (Lipinski definition) is 7. The second kappa shape index (κ2) is 12.7. The molecule has 12 heteroatoms. The van der Waals surface area contributed by atoms with Crippen molar-refractivity contribution in [3.8, 4) is 0 Å². The van der Waals surface area contributed by atoms with Crippen LogP contribution in [-0.4, -0.2) is 93.3 Å². The van der Waals surface area contributed by atoms with Crippen LogP contribution in [-0.2, 0) is 29.1 Å². The predicted molar refractivity (Wildman–Crippen MR) is 148 cm³/mol. The number of carbonyl (C=O) groups excluding carboxylic acids is 3. The highest BCUT2D eigenvalue weighted by Gasteiger charge is 2.40. The first-order valence-corrected chi connectivity index (χ1v) is 15.1. The van der Waals surface area contributed by atoms with Gasteiger partial charge in [-0.2, -0.15) is 4.72 Å². The van der Waals surface area contributed by atoms with Gasteiger partial charge in [0.25, 0.3) is 0 Å². The standard InChI is InChI=1S/C27H35ClN4O6S/c1-3-38-17-23(33)15-29-22-5-4-11-31(16-22)26(34)18(2)32-12-10-25(27(32)35)30-39(36,37)24-9-7-19-13-21(28)8-6-20(19)14-24/h6-9,13-14,18,22,25,29-30H,3-5,10-12,15-17H2,1-2H3/t18-,22?,25-/m0/s1. The first kappa shape index (κ1) is 29.4. The molecule has 1 unspecified atom stereocenters. The Bertz CT molecular complexity index is 1340. The maximum Gasteiger partial charge on any atom is 0.245 e. The Morgan fingerprint density at radius 2 is 1.87 bits per heavy atom. The molecule has 2 aromatic carbocycles. The molecule has 2 heterocycles. The summed E-state index contributed by atoms with van der Waals surface area (Å²) in [5.41, 5.74) is 0. The number of carbonyl (C=O) groups is 3. The van der Waals surface area contributed by atoms with Crippen molar-refractivity contribution in [1.29, 1.82) is 0 Å². The Kier molecular flexibility index (Phi) is 9.60. The van der Waals surface area contributed by atoms with Crippen molar-refractivity contribution < 1.29 is 27.5 Å². The third kappa shape index (κ3) is 7.15. The lowest BCUT2D eigenvalue weighted by Crippen LogP contribution is -2.55. The van der Waals surface area contributed by atoms with Crippen molar-refractivity contribution in [3.05, 3.63) is 41.4 Å². The third-order valence-corrected chi connectivity index (χ3v) is 8.94. The van der Waals surface area contributed by atoms with Gasteiger partial charge in [-0.1, -0.05) is 23.7 Å². The number of amides is 2. The van der Waals surface area contributed by atoms with Gasteiger partial charge in [-0.3, -0.25) is 14.4 Å². The van der Waals surface area contributed by atoms with Crippen molar-refractivity contribution in [3.63, 3.8) is 0 Å². The number of Topliss-reactive ketones (excluding diaryl/α,β-unsaturated/α-hetero) is 1. The fourth-order valence-corrected chi connectivity index (χ4v) is 6.52. The van der Waals surface area contributed by atoms with Crippen molar-refractivity contribution in [2.45, 2.75) is 56.1 Å². The van der Waals surface area contributed by atoms with Crippen LogP contribution in [0.4, 0.5) is 0 Å². The molecule has 2 aliphatic heterocycles. The quantitative estimate of drug-likeness (QED) is 0.417. The molecule has 2 fully saturated rings. The summed E-state index contributed by atoms with van der Waals surface area (Å²) in [4.78, 5) is 41.6. The number of rotatable bonds is 11. The monoisotopic (exact) mass is 578 g/mol. The summed E-state index contributed by atoms with van der Waals surface area (Å²) in [6, 6.07) is 8.19. The maximum absolute atomic E-state index is 13.3. The van der Waals surface area contributed by atoms with Crippen LogP contribution in [0.1, 0.15) is 33.1 Å². The smallest absolute Gasteiger partial charge is 0.245 e. The molecular formula is C27H35ClN4O6S. The van der Waals surface area contributed by atoms with E-state index in [1.165, 1.54) is 11.0 Å². The Morgan fingerprint density at radius 1 is 1.13 bits per heavy atom. The summed E-state index contributed by atoms with van der Waals surface area (Å²) in [6.45, 7) is 5.51. The molecule has 0 aliphatic carbocycles. The van der Waals surface area contributed by atoms with E-state index in [1.54, 1.807) is 42.2 Å². The number of ether oxygens (including phenoxy) is 1. The highest BCUT2D eigenvalue weighted by molar-refractivity contribution is 7.89. The summed E-state index contributed by atoms with van der Waals surface area (Å²) in [5.74, 6) is -0.648. The zero-order valence-electron chi connectivity index (χ0n) is 22.2. The van der Waals surface area contributed by atoms with Crippen LogP contribution in [0, 0.1) is 0 Å². The zero-order valence-corrected chi connectivity index (χ0v) is 23.8. The minimum atomic E-state index is -3.97. The number of nitrogens with zero attached hydrogens (tertiary/aromatic N) is 2. The van der Waals surface area contributed by atoms with Gasteiger partial charge in [0.2, 0.25) is 21.8 Å². The van der Waals surface area contributed by atoms with Crippen molar-refractivity contribution in [2.75, 3.05) is 39.4 Å². The van der Waals surface area contributed by atoms with E-state index in [1.807, 2.05) is 6.92 Å². The van der Waals surface area contributed by atoms with E-state index in [2.05, 4.69) is 10.0 Å². The molecular weight excluding hydrogens is 544 g/mol. The Hall–Kier alpha value is -2.57. The van der Waals surface area contributed by atoms with Crippen LogP contribution in [0.5, 0.6) is 0 Å².